The van der Waals surface area contributed by atoms with Gasteiger partial charge in [-0.05, 0) is 6.92 Å². The van der Waals surface area contributed by atoms with Gasteiger partial charge in [-0.1, -0.05) is 0 Å². The Labute approximate surface area is 118 Å². The van der Waals surface area contributed by atoms with Gasteiger partial charge in [0, 0.05) is 13.0 Å². The molecule has 4 N–H and O–H groups in total. The molecule has 0 bridgehead atoms. The summed E-state index contributed by atoms with van der Waals surface area (Å²) in [6.45, 7) is 2.18. The molecular weight excluding hydrogens is 284 g/mol. The second kappa shape index (κ2) is 5.87. The molecule has 2 heterocycles. The van der Waals surface area contributed by atoms with Gasteiger partial charge in [0.15, 0.2) is 0 Å². The zero-order valence-corrected chi connectivity index (χ0v) is 11.5. The van der Waals surface area contributed by atoms with Crippen LogP contribution < -0.4 is 16.0 Å². The lowest BCUT2D eigenvalue weighted by Crippen LogP contribution is -2.42. The number of carboxylic acid groups (broad SMARTS) is 1. The number of hydrogen-bond acceptors (Lipinski definition) is 5. The predicted octanol–water partition coefficient (Wildman–Crippen LogP) is -0.163. The number of urea groups is 1. The molecule has 1 atom stereocenters. The number of carboxylic acids is 1. The molecule has 0 aromatic carbocycles. The number of carbonyl (C=O) groups excluding carboxylic acids is 2. The van der Waals surface area contributed by atoms with E-state index < -0.39 is 12.0 Å². The summed E-state index contributed by atoms with van der Waals surface area (Å²) >= 11 is 1.03. The third kappa shape index (κ3) is 3.44. The Kier molecular flexibility index (Phi) is 4.18. The molecule has 1 unspecified atom stereocenters. The van der Waals surface area contributed by atoms with Crippen molar-refractivity contribution in [3.05, 3.63) is 15.6 Å². The number of hydrogen-bond donors (Lipinski definition) is 4. The quantitative estimate of drug-likeness (QED) is 0.615. The van der Waals surface area contributed by atoms with E-state index in [2.05, 4.69) is 20.9 Å². The summed E-state index contributed by atoms with van der Waals surface area (Å²) in [7, 11) is 0. The third-order valence-electron chi connectivity index (χ3n) is 2.75. The van der Waals surface area contributed by atoms with Crippen molar-refractivity contribution < 1.29 is 19.5 Å². The lowest BCUT2D eigenvalue weighted by atomic mass is 10.3. The molecule has 108 valence electrons. The highest BCUT2D eigenvalue weighted by atomic mass is 32.1. The van der Waals surface area contributed by atoms with Gasteiger partial charge >= 0.3 is 12.0 Å². The summed E-state index contributed by atoms with van der Waals surface area (Å²) in [4.78, 5) is 37.7. The topological polar surface area (TPSA) is 120 Å². The average Bonchev–Trinajstić information content (AvgIpc) is 2.93. The maximum Gasteiger partial charge on any atom is 0.347 e. The minimum absolute atomic E-state index is 0.0862. The molecule has 0 radical (unpaired) electrons. The molecule has 20 heavy (non-hydrogen) atoms. The van der Waals surface area contributed by atoms with Gasteiger partial charge < -0.3 is 21.1 Å². The van der Waals surface area contributed by atoms with Crippen LogP contribution >= 0.6 is 11.3 Å². The molecule has 1 saturated heterocycles. The Morgan fingerprint density at radius 2 is 2.30 bits per heavy atom. The van der Waals surface area contributed by atoms with Crippen LogP contribution in [-0.2, 0) is 11.3 Å². The van der Waals surface area contributed by atoms with Crippen LogP contribution in [-0.4, -0.2) is 40.6 Å². The third-order valence-corrected chi connectivity index (χ3v) is 3.89. The zero-order valence-electron chi connectivity index (χ0n) is 10.7. The Morgan fingerprint density at radius 3 is 2.85 bits per heavy atom. The molecule has 8 nitrogen and oxygen atoms in total. The minimum atomic E-state index is -1.02. The van der Waals surface area contributed by atoms with Gasteiger partial charge in [0.05, 0.1) is 18.3 Å². The second-order valence-electron chi connectivity index (χ2n) is 4.36. The van der Waals surface area contributed by atoms with E-state index >= 15 is 0 Å². The summed E-state index contributed by atoms with van der Waals surface area (Å²) < 4.78 is 0. The van der Waals surface area contributed by atoms with Crippen molar-refractivity contribution in [3.8, 4) is 0 Å². The maximum absolute atomic E-state index is 11.6. The van der Waals surface area contributed by atoms with Crippen molar-refractivity contribution in [1.29, 1.82) is 0 Å². The number of nitrogens with one attached hydrogen (secondary N) is 3. The van der Waals surface area contributed by atoms with E-state index in [0.717, 1.165) is 11.3 Å². The summed E-state index contributed by atoms with van der Waals surface area (Å²) in [5, 5.41) is 17.3. The van der Waals surface area contributed by atoms with Crippen molar-refractivity contribution in [2.75, 3.05) is 6.54 Å². The molecule has 0 aliphatic carbocycles. The average molecular weight is 298 g/mol. The highest BCUT2D eigenvalue weighted by molar-refractivity contribution is 7.13. The Balaban J connectivity index is 1.82. The number of nitrogens with zero attached hydrogens (tertiary/aromatic N) is 1. The van der Waals surface area contributed by atoms with E-state index in [0.29, 0.717) is 17.2 Å². The van der Waals surface area contributed by atoms with Gasteiger partial charge in [0.25, 0.3) is 0 Å². The molecule has 1 aromatic heterocycles. The van der Waals surface area contributed by atoms with E-state index in [1.807, 2.05) is 0 Å². The SMILES string of the molecule is Cc1nc(CNC(=O)NC2CNC(=O)C2)sc1C(=O)O. The second-order valence-corrected chi connectivity index (χ2v) is 5.44. The van der Waals surface area contributed by atoms with Gasteiger partial charge in [-0.2, -0.15) is 0 Å². The van der Waals surface area contributed by atoms with Crippen LogP contribution in [0.2, 0.25) is 0 Å². The standard InChI is InChI=1S/C11H14N4O4S/c1-5-9(10(17)18)20-8(14-5)4-13-11(19)15-6-2-7(16)12-3-6/h6H,2-4H2,1H3,(H,12,16)(H,17,18)(H2,13,15,19). The molecule has 0 saturated carbocycles. The molecule has 1 aliphatic rings. The lowest BCUT2D eigenvalue weighted by molar-refractivity contribution is -0.119. The van der Waals surface area contributed by atoms with Crippen LogP contribution in [0.4, 0.5) is 4.79 Å². The molecule has 0 spiro atoms. The van der Waals surface area contributed by atoms with Crippen LogP contribution in [0, 0.1) is 6.92 Å². The van der Waals surface area contributed by atoms with Crippen LogP contribution in [0.25, 0.3) is 0 Å². The van der Waals surface area contributed by atoms with E-state index in [4.69, 9.17) is 5.11 Å². The summed E-state index contributed by atoms with van der Waals surface area (Å²) in [6.07, 6.45) is 0.271. The normalized spacial score (nSPS) is 17.6. The highest BCUT2D eigenvalue weighted by Crippen LogP contribution is 2.17. The van der Waals surface area contributed by atoms with Gasteiger partial charge in [0.1, 0.15) is 9.88 Å². The number of carbonyl (C=O) groups is 3. The fourth-order valence-electron chi connectivity index (χ4n) is 1.83. The van der Waals surface area contributed by atoms with Crippen molar-refractivity contribution in [3.63, 3.8) is 0 Å². The van der Waals surface area contributed by atoms with Crippen LogP contribution in [0.15, 0.2) is 0 Å². The lowest BCUT2D eigenvalue weighted by Gasteiger charge is -2.10. The van der Waals surface area contributed by atoms with Gasteiger partial charge in [-0.15, -0.1) is 11.3 Å². The van der Waals surface area contributed by atoms with Gasteiger partial charge in [-0.3, -0.25) is 4.79 Å². The van der Waals surface area contributed by atoms with Gasteiger partial charge in [0.2, 0.25) is 5.91 Å². The fraction of sp³-hybridized carbons (Fsp3) is 0.455. The minimum Gasteiger partial charge on any atom is -0.477 e. The molecule has 9 heteroatoms. The number of aromatic nitrogens is 1. The van der Waals surface area contributed by atoms with E-state index in [1.165, 1.54) is 0 Å². The number of amides is 3. The summed E-state index contributed by atoms with van der Waals surface area (Å²) in [6, 6.07) is -0.619. The first-order valence-electron chi connectivity index (χ1n) is 5.96. The molecule has 1 aromatic rings. The number of thiazole rings is 1. The molecule has 1 aliphatic heterocycles. The van der Waals surface area contributed by atoms with Crippen molar-refractivity contribution in [2.24, 2.45) is 0 Å². The van der Waals surface area contributed by atoms with Crippen molar-refractivity contribution in [1.82, 2.24) is 20.9 Å². The fourth-order valence-corrected chi connectivity index (χ4v) is 2.67. The number of rotatable bonds is 4. The molecule has 3 amide bonds. The number of aryl methyl sites for hydroxylation is 1. The van der Waals surface area contributed by atoms with E-state index in [9.17, 15) is 14.4 Å². The molecule has 2 rings (SSSR count). The maximum atomic E-state index is 11.6. The van der Waals surface area contributed by atoms with E-state index in [-0.39, 0.29) is 29.8 Å². The Morgan fingerprint density at radius 1 is 1.55 bits per heavy atom. The Bertz CT molecular complexity index is 557. The summed E-state index contributed by atoms with van der Waals surface area (Å²) in [5.41, 5.74) is 0.435. The van der Waals surface area contributed by atoms with E-state index in [1.54, 1.807) is 6.92 Å². The van der Waals surface area contributed by atoms with Crippen molar-refractivity contribution >= 4 is 29.2 Å². The first-order valence-corrected chi connectivity index (χ1v) is 6.78. The van der Waals surface area contributed by atoms with Crippen LogP contribution in [0.3, 0.4) is 0 Å². The first-order chi connectivity index (χ1) is 9.45. The largest absolute Gasteiger partial charge is 0.477 e. The van der Waals surface area contributed by atoms with Crippen LogP contribution in [0.1, 0.15) is 26.8 Å². The van der Waals surface area contributed by atoms with Gasteiger partial charge in [-0.25, -0.2) is 14.6 Å². The molecular formula is C11H14N4O4S. The molecule has 1 fully saturated rings. The monoisotopic (exact) mass is 298 g/mol. The summed E-state index contributed by atoms with van der Waals surface area (Å²) in [5.74, 6) is -1.11. The smallest absolute Gasteiger partial charge is 0.347 e. The number of aromatic carboxylic acids is 1. The predicted molar refractivity (Wildman–Crippen MR) is 70.6 cm³/mol. The highest BCUT2D eigenvalue weighted by Gasteiger charge is 2.22. The zero-order chi connectivity index (χ0) is 14.7. The Hall–Kier alpha value is -2.16. The van der Waals surface area contributed by atoms with Crippen molar-refractivity contribution in [2.45, 2.75) is 25.9 Å². The first kappa shape index (κ1) is 14.3. The van der Waals surface area contributed by atoms with Crippen LogP contribution in [0.5, 0.6) is 0 Å².